The summed E-state index contributed by atoms with van der Waals surface area (Å²) in [6, 6.07) is 4.49. The molecule has 2 heterocycles. The van der Waals surface area contributed by atoms with Crippen LogP contribution in [0, 0.1) is 5.82 Å². The van der Waals surface area contributed by atoms with Crippen LogP contribution < -0.4 is 5.32 Å². The number of carbonyl (C=O) groups excluding carboxylic acids is 1. The Morgan fingerprint density at radius 2 is 2.29 bits per heavy atom. The lowest BCUT2D eigenvalue weighted by atomic mass is 10.3. The van der Waals surface area contributed by atoms with E-state index in [-0.39, 0.29) is 11.6 Å². The zero-order valence-electron chi connectivity index (χ0n) is 8.61. The fourth-order valence-electron chi connectivity index (χ4n) is 1.21. The van der Waals surface area contributed by atoms with E-state index in [0.29, 0.717) is 6.54 Å². The Morgan fingerprint density at radius 3 is 2.88 bits per heavy atom. The van der Waals surface area contributed by atoms with Crippen molar-refractivity contribution in [2.45, 2.75) is 6.54 Å². The summed E-state index contributed by atoms with van der Waals surface area (Å²) in [4.78, 5) is 16.4. The first kappa shape index (κ1) is 12.2. The zero-order chi connectivity index (χ0) is 12.3. The predicted octanol–water partition coefficient (Wildman–Crippen LogP) is 2.97. The molecule has 6 heteroatoms. The molecule has 88 valence electrons. The highest BCUT2D eigenvalue weighted by Crippen LogP contribution is 2.22. The molecule has 0 unspecified atom stereocenters. The van der Waals surface area contributed by atoms with E-state index in [1.165, 1.54) is 12.1 Å². The minimum Gasteiger partial charge on any atom is -0.346 e. The molecule has 0 radical (unpaired) electrons. The van der Waals surface area contributed by atoms with E-state index in [1.54, 1.807) is 11.3 Å². The first-order valence-electron chi connectivity index (χ1n) is 4.78. The smallest absolute Gasteiger partial charge is 0.270 e. The number of amides is 1. The van der Waals surface area contributed by atoms with E-state index in [0.717, 1.165) is 15.5 Å². The summed E-state index contributed by atoms with van der Waals surface area (Å²) >= 11 is 4.92. The monoisotopic (exact) mass is 314 g/mol. The SMILES string of the molecule is O=C(NCc1sccc1Br)c1ccc(F)cn1. The molecule has 0 saturated carbocycles. The van der Waals surface area contributed by atoms with Crippen LogP contribution in [0.2, 0.25) is 0 Å². The van der Waals surface area contributed by atoms with Crippen LogP contribution >= 0.6 is 27.3 Å². The number of aromatic nitrogens is 1. The molecule has 3 nitrogen and oxygen atoms in total. The lowest BCUT2D eigenvalue weighted by molar-refractivity contribution is 0.0946. The maximum Gasteiger partial charge on any atom is 0.270 e. The van der Waals surface area contributed by atoms with Crippen LogP contribution in [-0.2, 0) is 6.54 Å². The zero-order valence-corrected chi connectivity index (χ0v) is 11.0. The number of hydrogen-bond acceptors (Lipinski definition) is 3. The summed E-state index contributed by atoms with van der Waals surface area (Å²) in [5, 5.41) is 4.65. The van der Waals surface area contributed by atoms with Crippen molar-refractivity contribution < 1.29 is 9.18 Å². The lowest BCUT2D eigenvalue weighted by Crippen LogP contribution is -2.23. The Balaban J connectivity index is 1.98. The van der Waals surface area contributed by atoms with Gasteiger partial charge in [-0.15, -0.1) is 11.3 Å². The number of nitrogens with one attached hydrogen (secondary N) is 1. The van der Waals surface area contributed by atoms with Crippen molar-refractivity contribution in [2.24, 2.45) is 0 Å². The standard InChI is InChI=1S/C11H8BrFN2OS/c12-8-3-4-17-10(8)6-15-11(16)9-2-1-7(13)5-14-9/h1-5H,6H2,(H,15,16). The van der Waals surface area contributed by atoms with Crippen LogP contribution in [0.1, 0.15) is 15.4 Å². The molecule has 1 N–H and O–H groups in total. The number of pyridine rings is 1. The molecule has 0 bridgehead atoms. The van der Waals surface area contributed by atoms with Gasteiger partial charge in [0, 0.05) is 9.35 Å². The third kappa shape index (κ3) is 3.10. The summed E-state index contributed by atoms with van der Waals surface area (Å²) in [5.74, 6) is -0.771. The van der Waals surface area contributed by atoms with Gasteiger partial charge in [0.2, 0.25) is 0 Å². The van der Waals surface area contributed by atoms with E-state index in [2.05, 4.69) is 26.2 Å². The first-order chi connectivity index (χ1) is 8.16. The molecule has 0 spiro atoms. The molecular weight excluding hydrogens is 307 g/mol. The summed E-state index contributed by atoms with van der Waals surface area (Å²) < 4.78 is 13.6. The normalized spacial score (nSPS) is 10.2. The van der Waals surface area contributed by atoms with E-state index >= 15 is 0 Å². The Morgan fingerprint density at radius 1 is 1.47 bits per heavy atom. The van der Waals surface area contributed by atoms with Crippen molar-refractivity contribution >= 4 is 33.2 Å². The molecule has 0 saturated heterocycles. The second kappa shape index (κ2) is 5.37. The summed E-state index contributed by atoms with van der Waals surface area (Å²) in [6.07, 6.45) is 1.02. The fourth-order valence-corrected chi connectivity index (χ4v) is 2.64. The highest BCUT2D eigenvalue weighted by atomic mass is 79.9. The van der Waals surface area contributed by atoms with Gasteiger partial charge in [-0.1, -0.05) is 0 Å². The van der Waals surface area contributed by atoms with E-state index < -0.39 is 5.82 Å². The Kier molecular flexibility index (Phi) is 3.86. The van der Waals surface area contributed by atoms with E-state index in [9.17, 15) is 9.18 Å². The molecule has 1 amide bonds. The molecule has 0 aliphatic rings. The maximum absolute atomic E-state index is 12.6. The number of rotatable bonds is 3. The third-order valence-electron chi connectivity index (χ3n) is 2.06. The molecule has 2 rings (SSSR count). The third-order valence-corrected chi connectivity index (χ3v) is 3.99. The Hall–Kier alpha value is -1.27. The largest absolute Gasteiger partial charge is 0.346 e. The number of nitrogens with zero attached hydrogens (tertiary/aromatic N) is 1. The van der Waals surface area contributed by atoms with Gasteiger partial charge in [0.25, 0.3) is 5.91 Å². The van der Waals surface area contributed by atoms with Crippen molar-refractivity contribution in [1.29, 1.82) is 0 Å². The minimum absolute atomic E-state index is 0.207. The number of thiophene rings is 1. The van der Waals surface area contributed by atoms with Crippen molar-refractivity contribution in [3.63, 3.8) is 0 Å². The van der Waals surface area contributed by atoms with Gasteiger partial charge in [0.1, 0.15) is 11.5 Å². The molecule has 0 fully saturated rings. The van der Waals surface area contributed by atoms with E-state index in [1.807, 2.05) is 11.4 Å². The molecule has 2 aromatic rings. The fraction of sp³-hybridized carbons (Fsp3) is 0.0909. The molecule has 0 aliphatic carbocycles. The van der Waals surface area contributed by atoms with Crippen LogP contribution in [0.4, 0.5) is 4.39 Å². The van der Waals surface area contributed by atoms with Crippen LogP contribution in [0.15, 0.2) is 34.2 Å². The maximum atomic E-state index is 12.6. The molecule has 0 aliphatic heterocycles. The summed E-state index contributed by atoms with van der Waals surface area (Å²) in [5.41, 5.74) is 0.207. The number of hydrogen-bond donors (Lipinski definition) is 1. The number of halogens is 2. The molecule has 0 atom stereocenters. The van der Waals surface area contributed by atoms with Crippen molar-refractivity contribution in [3.8, 4) is 0 Å². The highest BCUT2D eigenvalue weighted by molar-refractivity contribution is 9.10. The van der Waals surface area contributed by atoms with Gasteiger partial charge in [0.05, 0.1) is 12.7 Å². The average molecular weight is 315 g/mol. The van der Waals surface area contributed by atoms with Crippen molar-refractivity contribution in [2.75, 3.05) is 0 Å². The van der Waals surface area contributed by atoms with Crippen molar-refractivity contribution in [1.82, 2.24) is 10.3 Å². The molecule has 2 aromatic heterocycles. The summed E-state index contributed by atoms with van der Waals surface area (Å²) in [7, 11) is 0. The molecule has 0 aromatic carbocycles. The topological polar surface area (TPSA) is 42.0 Å². The van der Waals surface area contributed by atoms with Gasteiger partial charge in [-0.25, -0.2) is 9.37 Å². The summed E-state index contributed by atoms with van der Waals surface area (Å²) in [6.45, 7) is 0.427. The first-order valence-corrected chi connectivity index (χ1v) is 6.45. The van der Waals surface area contributed by atoms with Crippen LogP contribution in [0.25, 0.3) is 0 Å². The van der Waals surface area contributed by atoms with Gasteiger partial charge in [-0.3, -0.25) is 4.79 Å². The average Bonchev–Trinajstić information content (AvgIpc) is 2.73. The molecule has 17 heavy (non-hydrogen) atoms. The van der Waals surface area contributed by atoms with Crippen molar-refractivity contribution in [3.05, 3.63) is 50.6 Å². The predicted molar refractivity (Wildman–Crippen MR) is 67.4 cm³/mol. The minimum atomic E-state index is -0.456. The van der Waals surface area contributed by atoms with E-state index in [4.69, 9.17) is 0 Å². The van der Waals surface area contributed by atoms with Gasteiger partial charge in [0.15, 0.2) is 0 Å². The van der Waals surface area contributed by atoms with Gasteiger partial charge < -0.3 is 5.32 Å². The number of carbonyl (C=O) groups is 1. The Bertz CT molecular complexity index is 527. The van der Waals surface area contributed by atoms with Gasteiger partial charge in [-0.2, -0.15) is 0 Å². The second-order valence-electron chi connectivity index (χ2n) is 3.24. The van der Waals surface area contributed by atoms with Crippen LogP contribution in [-0.4, -0.2) is 10.9 Å². The van der Waals surface area contributed by atoms with Crippen LogP contribution in [0.5, 0.6) is 0 Å². The van der Waals surface area contributed by atoms with Gasteiger partial charge >= 0.3 is 0 Å². The Labute approximate surface area is 110 Å². The lowest BCUT2D eigenvalue weighted by Gasteiger charge is -2.03. The second-order valence-corrected chi connectivity index (χ2v) is 5.09. The van der Waals surface area contributed by atoms with Crippen LogP contribution in [0.3, 0.4) is 0 Å². The van der Waals surface area contributed by atoms with Gasteiger partial charge in [-0.05, 0) is 39.5 Å². The highest BCUT2D eigenvalue weighted by Gasteiger charge is 2.08. The quantitative estimate of drug-likeness (QED) is 0.946. The molecular formula is C11H8BrFN2OS.